The summed E-state index contributed by atoms with van der Waals surface area (Å²) in [7, 11) is 0. The predicted octanol–water partition coefficient (Wildman–Crippen LogP) is 2.79. The number of hydrogen-bond donors (Lipinski definition) is 0. The maximum Gasteiger partial charge on any atom is 0.227 e. The quantitative estimate of drug-likeness (QED) is 0.768. The molecule has 1 saturated carbocycles. The van der Waals surface area contributed by atoms with E-state index in [1.807, 2.05) is 21.9 Å². The number of benzene rings is 1. The summed E-state index contributed by atoms with van der Waals surface area (Å²) in [5.41, 5.74) is 0.818. The summed E-state index contributed by atoms with van der Waals surface area (Å²) in [5.74, 6) is 1.47. The molecule has 148 valence electrons. The van der Waals surface area contributed by atoms with Crippen molar-refractivity contribution in [1.82, 2.24) is 19.9 Å². The van der Waals surface area contributed by atoms with Crippen LogP contribution < -0.4 is 0 Å². The molecule has 2 fully saturated rings. The van der Waals surface area contributed by atoms with Crippen molar-refractivity contribution in [3.8, 4) is 11.4 Å². The van der Waals surface area contributed by atoms with Crippen molar-refractivity contribution in [2.45, 2.75) is 32.1 Å². The van der Waals surface area contributed by atoms with Crippen LogP contribution >= 0.6 is 11.6 Å². The summed E-state index contributed by atoms with van der Waals surface area (Å²) in [5, 5.41) is 4.61. The van der Waals surface area contributed by atoms with E-state index in [1.54, 1.807) is 12.1 Å². The first-order valence-electron chi connectivity index (χ1n) is 9.75. The van der Waals surface area contributed by atoms with Gasteiger partial charge in [-0.15, -0.1) is 0 Å². The highest BCUT2D eigenvalue weighted by molar-refractivity contribution is 6.30. The Hall–Kier alpha value is -2.41. The Kier molecular flexibility index (Phi) is 5.62. The van der Waals surface area contributed by atoms with E-state index in [4.69, 9.17) is 16.1 Å². The number of hydrogen-bond acceptors (Lipinski definition) is 5. The molecule has 2 amide bonds. The molecule has 1 saturated heterocycles. The largest absolute Gasteiger partial charge is 0.339 e. The van der Waals surface area contributed by atoms with Gasteiger partial charge in [-0.25, -0.2) is 0 Å². The van der Waals surface area contributed by atoms with Gasteiger partial charge >= 0.3 is 0 Å². The van der Waals surface area contributed by atoms with Crippen molar-refractivity contribution >= 4 is 23.4 Å². The van der Waals surface area contributed by atoms with Crippen molar-refractivity contribution < 1.29 is 14.1 Å². The summed E-state index contributed by atoms with van der Waals surface area (Å²) >= 11 is 5.89. The lowest BCUT2D eigenvalue weighted by Gasteiger charge is -2.38. The molecule has 0 radical (unpaired) electrons. The maximum absolute atomic E-state index is 12.5. The van der Waals surface area contributed by atoms with Gasteiger partial charge in [0.05, 0.1) is 0 Å². The summed E-state index contributed by atoms with van der Waals surface area (Å²) in [6.07, 6.45) is 3.91. The average Bonchev–Trinajstić information content (AvgIpc) is 3.14. The van der Waals surface area contributed by atoms with E-state index >= 15 is 0 Å². The second-order valence-corrected chi connectivity index (χ2v) is 7.79. The molecule has 28 heavy (non-hydrogen) atoms. The molecule has 1 aromatic heterocycles. The number of amides is 2. The minimum Gasteiger partial charge on any atom is -0.339 e. The second-order valence-electron chi connectivity index (χ2n) is 7.35. The van der Waals surface area contributed by atoms with E-state index < -0.39 is 0 Å². The molecule has 1 aromatic carbocycles. The van der Waals surface area contributed by atoms with E-state index in [-0.39, 0.29) is 17.7 Å². The van der Waals surface area contributed by atoms with Gasteiger partial charge < -0.3 is 14.3 Å². The zero-order valence-corrected chi connectivity index (χ0v) is 16.4. The molecule has 2 aliphatic rings. The van der Waals surface area contributed by atoms with E-state index in [1.165, 1.54) is 0 Å². The van der Waals surface area contributed by atoms with E-state index in [0.29, 0.717) is 55.8 Å². The Morgan fingerprint density at radius 1 is 1.07 bits per heavy atom. The maximum atomic E-state index is 12.5. The number of nitrogens with zero attached hydrogens (tertiary/aromatic N) is 4. The SMILES string of the molecule is O=C(CCc1nc(-c2ccc(Cl)cc2)no1)N1CCN(C(=O)C2CCC2)CC1. The highest BCUT2D eigenvalue weighted by Gasteiger charge is 2.32. The Bertz CT molecular complexity index is 839. The van der Waals surface area contributed by atoms with Crippen LogP contribution in [0.4, 0.5) is 0 Å². The average molecular weight is 403 g/mol. The highest BCUT2D eigenvalue weighted by Crippen LogP contribution is 2.28. The van der Waals surface area contributed by atoms with Crippen LogP contribution in [-0.4, -0.2) is 57.9 Å². The van der Waals surface area contributed by atoms with Crippen molar-refractivity contribution in [1.29, 1.82) is 0 Å². The first-order chi connectivity index (χ1) is 13.6. The van der Waals surface area contributed by atoms with Crippen LogP contribution in [-0.2, 0) is 16.0 Å². The lowest BCUT2D eigenvalue weighted by atomic mass is 9.84. The molecule has 7 nitrogen and oxygen atoms in total. The predicted molar refractivity (Wildman–Crippen MR) is 104 cm³/mol. The molecule has 0 unspecified atom stereocenters. The lowest BCUT2D eigenvalue weighted by molar-refractivity contribution is -0.144. The molecule has 1 aliphatic heterocycles. The Balaban J connectivity index is 1.25. The number of halogens is 1. The zero-order valence-electron chi connectivity index (χ0n) is 15.6. The fourth-order valence-electron chi connectivity index (χ4n) is 3.53. The topological polar surface area (TPSA) is 79.5 Å². The zero-order chi connectivity index (χ0) is 19.5. The Morgan fingerprint density at radius 2 is 1.75 bits per heavy atom. The van der Waals surface area contributed by atoms with E-state index in [0.717, 1.165) is 24.8 Å². The first-order valence-corrected chi connectivity index (χ1v) is 10.1. The van der Waals surface area contributed by atoms with Crippen molar-refractivity contribution in [2.24, 2.45) is 5.92 Å². The van der Waals surface area contributed by atoms with Gasteiger partial charge in [0.2, 0.25) is 23.5 Å². The van der Waals surface area contributed by atoms with Crippen LogP contribution in [0.5, 0.6) is 0 Å². The van der Waals surface area contributed by atoms with Crippen molar-refractivity contribution in [2.75, 3.05) is 26.2 Å². The third kappa shape index (κ3) is 4.19. The lowest BCUT2D eigenvalue weighted by Crippen LogP contribution is -2.52. The van der Waals surface area contributed by atoms with E-state index in [9.17, 15) is 9.59 Å². The molecular weight excluding hydrogens is 380 g/mol. The van der Waals surface area contributed by atoms with E-state index in [2.05, 4.69) is 10.1 Å². The molecule has 4 rings (SSSR count). The normalized spacial score (nSPS) is 17.5. The molecule has 1 aliphatic carbocycles. The van der Waals surface area contributed by atoms with Crippen LogP contribution in [0.2, 0.25) is 5.02 Å². The fourth-order valence-corrected chi connectivity index (χ4v) is 3.66. The number of carbonyl (C=O) groups is 2. The van der Waals surface area contributed by atoms with Crippen LogP contribution in [0.15, 0.2) is 28.8 Å². The Morgan fingerprint density at radius 3 is 2.39 bits per heavy atom. The third-order valence-corrected chi connectivity index (χ3v) is 5.77. The summed E-state index contributed by atoms with van der Waals surface area (Å²) in [6, 6.07) is 7.19. The standard InChI is InChI=1S/C20H23ClN4O3/c21-16-6-4-14(5-7-16)19-22-17(28-23-19)8-9-18(26)24-10-12-25(13-11-24)20(27)15-2-1-3-15/h4-7,15H,1-3,8-13H2. The highest BCUT2D eigenvalue weighted by atomic mass is 35.5. The number of piperazine rings is 1. The summed E-state index contributed by atoms with van der Waals surface area (Å²) < 4.78 is 5.26. The van der Waals surface area contributed by atoms with Crippen molar-refractivity contribution in [3.05, 3.63) is 35.2 Å². The fraction of sp³-hybridized carbons (Fsp3) is 0.500. The van der Waals surface area contributed by atoms with Gasteiger partial charge in [0.25, 0.3) is 0 Å². The number of rotatable bonds is 5. The number of aryl methyl sites for hydroxylation is 1. The van der Waals surface area contributed by atoms with Gasteiger partial charge in [-0.05, 0) is 37.1 Å². The summed E-state index contributed by atoms with van der Waals surface area (Å²) in [4.78, 5) is 32.9. The molecule has 0 N–H and O–H groups in total. The monoisotopic (exact) mass is 402 g/mol. The van der Waals surface area contributed by atoms with Gasteiger partial charge in [0.1, 0.15) is 0 Å². The second kappa shape index (κ2) is 8.31. The summed E-state index contributed by atoms with van der Waals surface area (Å²) in [6.45, 7) is 2.44. The molecule has 2 heterocycles. The minimum atomic E-state index is 0.0574. The van der Waals surface area contributed by atoms with Gasteiger partial charge in [0.15, 0.2) is 0 Å². The smallest absolute Gasteiger partial charge is 0.227 e. The first kappa shape index (κ1) is 18.9. The van der Waals surface area contributed by atoms with Gasteiger partial charge in [-0.3, -0.25) is 9.59 Å². The van der Waals surface area contributed by atoms with Crippen molar-refractivity contribution in [3.63, 3.8) is 0 Å². The van der Waals surface area contributed by atoms with Gasteiger partial charge in [-0.1, -0.05) is 23.2 Å². The van der Waals surface area contributed by atoms with Crippen LogP contribution in [0, 0.1) is 5.92 Å². The van der Waals surface area contributed by atoms with Crippen LogP contribution in [0.25, 0.3) is 11.4 Å². The van der Waals surface area contributed by atoms with Gasteiger partial charge in [0, 0.05) is 55.5 Å². The molecule has 2 aromatic rings. The minimum absolute atomic E-state index is 0.0574. The molecule has 0 atom stereocenters. The number of aromatic nitrogens is 2. The molecule has 0 spiro atoms. The molecular formula is C20H23ClN4O3. The van der Waals surface area contributed by atoms with Crippen LogP contribution in [0.3, 0.4) is 0 Å². The van der Waals surface area contributed by atoms with Crippen LogP contribution in [0.1, 0.15) is 31.6 Å². The molecule has 0 bridgehead atoms. The third-order valence-electron chi connectivity index (χ3n) is 5.52. The Labute approximate surface area is 168 Å². The number of carbonyl (C=O) groups excluding carboxylic acids is 2. The molecule has 8 heteroatoms. The van der Waals surface area contributed by atoms with Gasteiger partial charge in [-0.2, -0.15) is 4.98 Å².